The summed E-state index contributed by atoms with van der Waals surface area (Å²) in [5.41, 5.74) is -3.80. The summed E-state index contributed by atoms with van der Waals surface area (Å²) >= 11 is 4.00. The molecule has 0 aliphatic carbocycles. The normalized spacial score (nSPS) is 13.3. The Morgan fingerprint density at radius 2 is 1.62 bits per heavy atom. The minimum atomic E-state index is -6.08. The van der Waals surface area contributed by atoms with Gasteiger partial charge in [-0.2, -0.15) is 26.3 Å². The number of carboxylic acid groups (broad SMARTS) is 1. The Morgan fingerprint density at radius 3 is 2.00 bits per heavy atom. The van der Waals surface area contributed by atoms with Crippen molar-refractivity contribution in [1.82, 2.24) is 0 Å². The number of carbonyl (C=O) groups is 1. The molecule has 3 nitrogen and oxygen atoms in total. The summed E-state index contributed by atoms with van der Waals surface area (Å²) < 4.78 is 78.9. The topological polar surface area (TPSA) is 57.5 Å². The van der Waals surface area contributed by atoms with Gasteiger partial charge in [0.15, 0.2) is 0 Å². The first-order valence-electron chi connectivity index (χ1n) is 5.13. The molecule has 0 spiro atoms. The van der Waals surface area contributed by atoms with Crippen LogP contribution in [0, 0.1) is 6.92 Å². The summed E-state index contributed by atoms with van der Waals surface area (Å²) in [4.78, 5) is 10.8. The molecule has 0 radical (unpaired) electrons. The van der Waals surface area contributed by atoms with Crippen molar-refractivity contribution < 1.29 is 41.4 Å². The van der Waals surface area contributed by atoms with Gasteiger partial charge in [0.25, 0.3) is 0 Å². The number of hydrogen-bond acceptors (Lipinski definition) is 2. The number of phenols is 1. The number of alkyl halides is 7. The van der Waals surface area contributed by atoms with Gasteiger partial charge in [-0.05, 0) is 36.2 Å². The standard InChI is InChI=1S/C11H7ClF6O3/c1-4-2-5(7(8(20)21)6(19)3-4)9(13,14)10(15,16)11(12,17)18/h2-3,19H,1H3,(H,20,21). The van der Waals surface area contributed by atoms with Gasteiger partial charge in [-0.1, -0.05) is 0 Å². The zero-order chi connectivity index (χ0) is 16.8. The molecule has 0 saturated heterocycles. The van der Waals surface area contributed by atoms with Gasteiger partial charge in [0.1, 0.15) is 11.3 Å². The molecule has 0 fully saturated rings. The number of aromatic carboxylic acids is 1. The van der Waals surface area contributed by atoms with E-state index >= 15 is 0 Å². The fraction of sp³-hybridized carbons (Fsp3) is 0.364. The smallest absolute Gasteiger partial charge is 0.390 e. The predicted octanol–water partition coefficient (Wildman–Crippen LogP) is 3.96. The largest absolute Gasteiger partial charge is 0.507 e. The Bertz CT molecular complexity index is 582. The number of halogens is 7. The zero-order valence-electron chi connectivity index (χ0n) is 10.1. The van der Waals surface area contributed by atoms with Crippen molar-refractivity contribution in [2.45, 2.75) is 24.2 Å². The molecular formula is C11H7ClF6O3. The Kier molecular flexibility index (Phi) is 4.12. The lowest BCUT2D eigenvalue weighted by Gasteiger charge is -2.30. The Morgan fingerprint density at radius 1 is 1.14 bits per heavy atom. The van der Waals surface area contributed by atoms with E-state index in [0.29, 0.717) is 6.07 Å². The van der Waals surface area contributed by atoms with E-state index in [4.69, 9.17) is 5.11 Å². The van der Waals surface area contributed by atoms with Crippen LogP contribution in [0.25, 0.3) is 0 Å². The average Bonchev–Trinajstić information content (AvgIpc) is 2.25. The van der Waals surface area contributed by atoms with Gasteiger partial charge in [-0.15, -0.1) is 0 Å². The highest BCUT2D eigenvalue weighted by atomic mass is 35.5. The van der Waals surface area contributed by atoms with Gasteiger partial charge in [-0.3, -0.25) is 0 Å². The molecule has 10 heteroatoms. The fourth-order valence-electron chi connectivity index (χ4n) is 1.59. The van der Waals surface area contributed by atoms with Crippen LogP contribution in [0.15, 0.2) is 12.1 Å². The Hall–Kier alpha value is -1.64. The van der Waals surface area contributed by atoms with E-state index in [9.17, 15) is 36.2 Å². The highest BCUT2D eigenvalue weighted by molar-refractivity contribution is 6.22. The van der Waals surface area contributed by atoms with Crippen molar-refractivity contribution in [3.63, 3.8) is 0 Å². The van der Waals surface area contributed by atoms with E-state index in [2.05, 4.69) is 11.6 Å². The maximum absolute atomic E-state index is 13.7. The van der Waals surface area contributed by atoms with E-state index in [1.807, 2.05) is 0 Å². The SMILES string of the molecule is Cc1cc(O)c(C(=O)O)c(C(F)(F)C(F)(F)C(F)(F)Cl)c1. The molecule has 0 heterocycles. The van der Waals surface area contributed by atoms with Gasteiger partial charge < -0.3 is 10.2 Å². The molecule has 0 aliphatic rings. The number of hydrogen-bond donors (Lipinski definition) is 2. The summed E-state index contributed by atoms with van der Waals surface area (Å²) in [6, 6.07) is 0.972. The van der Waals surface area contributed by atoms with Crippen LogP contribution in [0.1, 0.15) is 21.5 Å². The minimum Gasteiger partial charge on any atom is -0.507 e. The molecule has 0 atom stereocenters. The second-order valence-electron chi connectivity index (χ2n) is 4.16. The first-order chi connectivity index (χ1) is 9.23. The summed E-state index contributed by atoms with van der Waals surface area (Å²) in [5, 5.41) is 12.4. The summed E-state index contributed by atoms with van der Waals surface area (Å²) in [7, 11) is 0. The molecule has 1 rings (SSSR count). The average molecular weight is 337 g/mol. The van der Waals surface area contributed by atoms with Crippen molar-refractivity contribution in [2.24, 2.45) is 0 Å². The minimum absolute atomic E-state index is 0.235. The first kappa shape index (κ1) is 17.4. The predicted molar refractivity (Wildman–Crippen MR) is 59.4 cm³/mol. The molecule has 21 heavy (non-hydrogen) atoms. The van der Waals surface area contributed by atoms with E-state index in [0.717, 1.165) is 6.92 Å². The lowest BCUT2D eigenvalue weighted by Crippen LogP contribution is -2.50. The van der Waals surface area contributed by atoms with E-state index < -0.39 is 40.1 Å². The molecule has 0 aliphatic heterocycles. The van der Waals surface area contributed by atoms with Gasteiger partial charge in [-0.25, -0.2) is 4.79 Å². The molecule has 1 aromatic rings. The highest BCUT2D eigenvalue weighted by Crippen LogP contribution is 2.54. The van der Waals surface area contributed by atoms with Gasteiger partial charge >= 0.3 is 23.2 Å². The number of aromatic hydroxyl groups is 1. The van der Waals surface area contributed by atoms with Crippen LogP contribution in [0.5, 0.6) is 5.75 Å². The number of rotatable bonds is 4. The molecule has 0 aromatic heterocycles. The van der Waals surface area contributed by atoms with E-state index in [1.165, 1.54) is 0 Å². The summed E-state index contributed by atoms with van der Waals surface area (Å²) in [6.07, 6.45) is 0. The second kappa shape index (κ2) is 4.97. The molecule has 0 amide bonds. The van der Waals surface area contributed by atoms with Crippen LogP contribution in [-0.4, -0.2) is 27.5 Å². The summed E-state index contributed by atoms with van der Waals surface area (Å²) in [5.74, 6) is -15.1. The monoisotopic (exact) mass is 336 g/mol. The molecule has 0 unspecified atom stereocenters. The maximum Gasteiger partial charge on any atom is 0.390 e. The molecule has 0 saturated carbocycles. The van der Waals surface area contributed by atoms with Crippen LogP contribution < -0.4 is 0 Å². The molecule has 1 aromatic carbocycles. The van der Waals surface area contributed by atoms with Crippen LogP contribution in [0.4, 0.5) is 26.3 Å². The lowest BCUT2D eigenvalue weighted by atomic mass is 9.94. The lowest BCUT2D eigenvalue weighted by molar-refractivity contribution is -0.286. The molecule has 0 bridgehead atoms. The van der Waals surface area contributed by atoms with Crippen LogP contribution in [0.3, 0.4) is 0 Å². The highest BCUT2D eigenvalue weighted by Gasteiger charge is 2.72. The van der Waals surface area contributed by atoms with Crippen molar-refractivity contribution in [2.75, 3.05) is 0 Å². The quantitative estimate of drug-likeness (QED) is 0.646. The van der Waals surface area contributed by atoms with Crippen LogP contribution in [0.2, 0.25) is 0 Å². The van der Waals surface area contributed by atoms with Crippen molar-refractivity contribution >= 4 is 17.6 Å². The van der Waals surface area contributed by atoms with Gasteiger partial charge in [0.05, 0.1) is 0 Å². The maximum atomic E-state index is 13.7. The fourth-order valence-corrected chi connectivity index (χ4v) is 1.71. The third kappa shape index (κ3) is 2.74. The molecular weight excluding hydrogens is 330 g/mol. The molecule has 2 N–H and O–H groups in total. The molecule has 118 valence electrons. The number of aryl methyl sites for hydroxylation is 1. The van der Waals surface area contributed by atoms with Crippen molar-refractivity contribution in [3.05, 3.63) is 28.8 Å². The first-order valence-corrected chi connectivity index (χ1v) is 5.51. The summed E-state index contributed by atoms with van der Waals surface area (Å²) in [6.45, 7) is 1.07. The number of carboxylic acids is 1. The third-order valence-electron chi connectivity index (χ3n) is 2.56. The van der Waals surface area contributed by atoms with E-state index in [-0.39, 0.29) is 11.6 Å². The van der Waals surface area contributed by atoms with Gasteiger partial charge in [0.2, 0.25) is 0 Å². The van der Waals surface area contributed by atoms with Crippen LogP contribution in [-0.2, 0) is 5.92 Å². The zero-order valence-corrected chi connectivity index (χ0v) is 10.9. The van der Waals surface area contributed by atoms with E-state index in [1.54, 1.807) is 0 Å². The van der Waals surface area contributed by atoms with Crippen molar-refractivity contribution in [1.29, 1.82) is 0 Å². The van der Waals surface area contributed by atoms with Crippen LogP contribution >= 0.6 is 11.6 Å². The Balaban J connectivity index is 3.70. The Labute approximate surface area is 118 Å². The van der Waals surface area contributed by atoms with Crippen molar-refractivity contribution in [3.8, 4) is 5.75 Å². The van der Waals surface area contributed by atoms with Gasteiger partial charge in [0, 0.05) is 5.56 Å². The third-order valence-corrected chi connectivity index (χ3v) is 2.80. The second-order valence-corrected chi connectivity index (χ2v) is 4.63. The number of benzene rings is 1.